The van der Waals surface area contributed by atoms with Crippen molar-refractivity contribution in [1.29, 1.82) is 0 Å². The Morgan fingerprint density at radius 3 is 2.15 bits per heavy atom. The summed E-state index contributed by atoms with van der Waals surface area (Å²) in [6, 6.07) is 11.9. The van der Waals surface area contributed by atoms with E-state index in [1.807, 2.05) is 36.4 Å². The molecular formula is C22H22NO4. The zero-order chi connectivity index (χ0) is 18.8. The van der Waals surface area contributed by atoms with E-state index in [0.717, 1.165) is 27.8 Å². The van der Waals surface area contributed by atoms with Crippen LogP contribution < -0.4 is 18.9 Å². The van der Waals surface area contributed by atoms with Crippen molar-refractivity contribution in [1.82, 2.24) is 4.98 Å². The molecule has 1 aliphatic rings. The normalized spacial score (nSPS) is 13.4. The lowest BCUT2D eigenvalue weighted by Gasteiger charge is -2.15. The van der Waals surface area contributed by atoms with Crippen molar-refractivity contribution in [3.05, 3.63) is 48.5 Å². The molecule has 1 aliphatic carbocycles. The molecule has 5 nitrogen and oxygen atoms in total. The number of hydrogen-bond acceptors (Lipinski definition) is 5. The summed E-state index contributed by atoms with van der Waals surface area (Å²) in [4.78, 5) is 4.52. The van der Waals surface area contributed by atoms with E-state index in [1.54, 1.807) is 27.5 Å². The van der Waals surface area contributed by atoms with Crippen LogP contribution in [-0.2, 0) is 0 Å². The number of methoxy groups -OCH3 is 3. The molecule has 1 saturated carbocycles. The van der Waals surface area contributed by atoms with Gasteiger partial charge in [0.25, 0.3) is 0 Å². The van der Waals surface area contributed by atoms with Gasteiger partial charge in [0.05, 0.1) is 33.5 Å². The van der Waals surface area contributed by atoms with Gasteiger partial charge in [-0.05, 0) is 60.4 Å². The summed E-state index contributed by atoms with van der Waals surface area (Å²) in [6.07, 6.45) is 4.13. The molecule has 1 heterocycles. The van der Waals surface area contributed by atoms with Crippen molar-refractivity contribution >= 4 is 10.9 Å². The van der Waals surface area contributed by atoms with E-state index in [-0.39, 0.29) is 0 Å². The van der Waals surface area contributed by atoms with Gasteiger partial charge in [0.15, 0.2) is 11.5 Å². The predicted molar refractivity (Wildman–Crippen MR) is 105 cm³/mol. The predicted octanol–water partition coefficient (Wildman–Crippen LogP) is 4.67. The van der Waals surface area contributed by atoms with Gasteiger partial charge in [-0.1, -0.05) is 0 Å². The average molecular weight is 364 g/mol. The monoisotopic (exact) mass is 364 g/mol. The number of benzene rings is 2. The fourth-order valence-corrected chi connectivity index (χ4v) is 3.10. The van der Waals surface area contributed by atoms with Gasteiger partial charge in [-0.15, -0.1) is 0 Å². The van der Waals surface area contributed by atoms with Crippen molar-refractivity contribution in [3.8, 4) is 34.1 Å². The van der Waals surface area contributed by atoms with Crippen molar-refractivity contribution in [3.63, 3.8) is 0 Å². The molecule has 0 saturated heterocycles. The molecule has 1 radical (unpaired) electrons. The molecule has 4 rings (SSSR count). The molecule has 0 spiro atoms. The number of pyridine rings is 1. The molecule has 0 aliphatic heterocycles. The SMILES string of the molecule is COc1cc(-c2cc(OC[C]3CC3)c3cccnc3c2)cc(OC)c1OC. The Morgan fingerprint density at radius 1 is 0.852 bits per heavy atom. The Bertz CT molecular complexity index is 941. The standard InChI is InChI=1S/C22H22NO4/c1-24-20-11-16(12-21(25-2)22(20)26-3)15-9-18-17(5-4-8-23-18)19(10-15)27-13-14-6-7-14/h4-5,8-12H,6-7,13H2,1-3H3. The van der Waals surface area contributed by atoms with Crippen LogP contribution in [0.3, 0.4) is 0 Å². The highest BCUT2D eigenvalue weighted by atomic mass is 16.5. The molecule has 1 fully saturated rings. The fourth-order valence-electron chi connectivity index (χ4n) is 3.10. The Kier molecular flexibility index (Phi) is 4.75. The van der Waals surface area contributed by atoms with Gasteiger partial charge in [0.1, 0.15) is 5.75 Å². The van der Waals surface area contributed by atoms with Gasteiger partial charge in [-0.2, -0.15) is 0 Å². The van der Waals surface area contributed by atoms with E-state index in [1.165, 1.54) is 18.8 Å². The lowest BCUT2D eigenvalue weighted by Crippen LogP contribution is -1.99. The Labute approximate surface area is 158 Å². The first kappa shape index (κ1) is 17.5. The van der Waals surface area contributed by atoms with Crippen molar-refractivity contribution in [2.24, 2.45) is 0 Å². The van der Waals surface area contributed by atoms with Crippen molar-refractivity contribution in [2.75, 3.05) is 27.9 Å². The highest BCUT2D eigenvalue weighted by Crippen LogP contribution is 2.43. The Morgan fingerprint density at radius 2 is 1.52 bits per heavy atom. The number of fused-ring (bicyclic) bond motifs is 1. The minimum Gasteiger partial charge on any atom is -0.493 e. The van der Waals surface area contributed by atoms with Crippen LogP contribution in [-0.4, -0.2) is 32.9 Å². The molecule has 3 aromatic rings. The highest BCUT2D eigenvalue weighted by molar-refractivity contribution is 5.90. The summed E-state index contributed by atoms with van der Waals surface area (Å²) >= 11 is 0. The van der Waals surface area contributed by atoms with Gasteiger partial charge in [-0.25, -0.2) is 0 Å². The maximum absolute atomic E-state index is 6.10. The summed E-state index contributed by atoms with van der Waals surface area (Å²) < 4.78 is 22.5. The smallest absolute Gasteiger partial charge is 0.203 e. The van der Waals surface area contributed by atoms with E-state index in [2.05, 4.69) is 4.98 Å². The van der Waals surface area contributed by atoms with Crippen LogP contribution in [0.5, 0.6) is 23.0 Å². The van der Waals surface area contributed by atoms with Gasteiger partial charge < -0.3 is 18.9 Å². The van der Waals surface area contributed by atoms with Crippen LogP contribution in [0.4, 0.5) is 0 Å². The van der Waals surface area contributed by atoms with E-state index < -0.39 is 0 Å². The topological polar surface area (TPSA) is 49.8 Å². The number of ether oxygens (including phenoxy) is 4. The quantitative estimate of drug-likeness (QED) is 0.609. The summed E-state index contributed by atoms with van der Waals surface area (Å²) in [5, 5.41) is 1.01. The fraction of sp³-hybridized carbons (Fsp3) is 0.273. The molecule has 0 unspecified atom stereocenters. The first-order valence-corrected chi connectivity index (χ1v) is 8.89. The van der Waals surface area contributed by atoms with Crippen LogP contribution in [0.15, 0.2) is 42.6 Å². The van der Waals surface area contributed by atoms with Crippen LogP contribution >= 0.6 is 0 Å². The van der Waals surface area contributed by atoms with Crippen molar-refractivity contribution < 1.29 is 18.9 Å². The number of hydrogen-bond donors (Lipinski definition) is 0. The number of rotatable bonds is 7. The van der Waals surface area contributed by atoms with E-state index in [4.69, 9.17) is 18.9 Å². The summed E-state index contributed by atoms with van der Waals surface area (Å²) in [5.41, 5.74) is 2.82. The first-order valence-electron chi connectivity index (χ1n) is 8.89. The lowest BCUT2D eigenvalue weighted by molar-refractivity contribution is 0.324. The maximum Gasteiger partial charge on any atom is 0.203 e. The number of aromatic nitrogens is 1. The zero-order valence-electron chi connectivity index (χ0n) is 15.7. The third kappa shape index (κ3) is 3.50. The minimum absolute atomic E-state index is 0.573. The van der Waals surface area contributed by atoms with Crippen LogP contribution in [0.2, 0.25) is 0 Å². The zero-order valence-corrected chi connectivity index (χ0v) is 15.7. The van der Waals surface area contributed by atoms with Gasteiger partial charge >= 0.3 is 0 Å². The van der Waals surface area contributed by atoms with Crippen LogP contribution in [0, 0.1) is 5.92 Å². The Hall–Kier alpha value is -2.95. The van der Waals surface area contributed by atoms with Gasteiger partial charge in [0, 0.05) is 17.5 Å². The third-order valence-electron chi connectivity index (χ3n) is 4.72. The second-order valence-electron chi connectivity index (χ2n) is 6.50. The molecular weight excluding hydrogens is 342 g/mol. The molecule has 0 atom stereocenters. The van der Waals surface area contributed by atoms with Gasteiger partial charge in [-0.3, -0.25) is 4.98 Å². The summed E-state index contributed by atoms with van der Waals surface area (Å²) in [5.74, 6) is 4.09. The van der Waals surface area contributed by atoms with E-state index in [0.29, 0.717) is 23.9 Å². The Balaban J connectivity index is 1.83. The van der Waals surface area contributed by atoms with Crippen LogP contribution in [0.1, 0.15) is 12.8 Å². The highest BCUT2D eigenvalue weighted by Gasteiger charge is 2.23. The molecule has 27 heavy (non-hydrogen) atoms. The van der Waals surface area contributed by atoms with Gasteiger partial charge in [0.2, 0.25) is 5.75 Å². The molecule has 2 aromatic carbocycles. The first-order chi connectivity index (χ1) is 13.2. The third-order valence-corrected chi connectivity index (χ3v) is 4.72. The number of nitrogens with zero attached hydrogens (tertiary/aromatic N) is 1. The van der Waals surface area contributed by atoms with Crippen LogP contribution in [0.25, 0.3) is 22.0 Å². The molecule has 0 N–H and O–H groups in total. The maximum atomic E-state index is 6.10. The lowest BCUT2D eigenvalue weighted by atomic mass is 10.0. The second-order valence-corrected chi connectivity index (χ2v) is 6.50. The average Bonchev–Trinajstić information content (AvgIpc) is 3.55. The molecule has 139 valence electrons. The summed E-state index contributed by atoms with van der Waals surface area (Å²) in [6.45, 7) is 0.669. The largest absolute Gasteiger partial charge is 0.493 e. The van der Waals surface area contributed by atoms with Crippen molar-refractivity contribution in [2.45, 2.75) is 12.8 Å². The summed E-state index contributed by atoms with van der Waals surface area (Å²) in [7, 11) is 4.83. The molecule has 1 aromatic heterocycles. The molecule has 5 heteroatoms. The second kappa shape index (κ2) is 7.35. The van der Waals surface area contributed by atoms with E-state index >= 15 is 0 Å². The van der Waals surface area contributed by atoms with E-state index in [9.17, 15) is 0 Å². The minimum atomic E-state index is 0.573. The molecule has 0 amide bonds. The molecule has 0 bridgehead atoms.